The highest BCUT2D eigenvalue weighted by atomic mass is 35.5. The summed E-state index contributed by atoms with van der Waals surface area (Å²) in [5, 5.41) is 1.82. The molecule has 0 N–H and O–H groups in total. The summed E-state index contributed by atoms with van der Waals surface area (Å²) in [7, 11) is 1.57. The van der Waals surface area contributed by atoms with Gasteiger partial charge in [0.15, 0.2) is 0 Å². The van der Waals surface area contributed by atoms with Gasteiger partial charge in [0.25, 0.3) is 0 Å². The van der Waals surface area contributed by atoms with E-state index in [0.717, 1.165) is 16.5 Å². The summed E-state index contributed by atoms with van der Waals surface area (Å²) in [6.07, 6.45) is 0. The molecule has 0 aliphatic heterocycles. The molecular weight excluding hydrogens is 268 g/mol. The maximum Gasteiger partial charge on any atom is 0.138 e. The summed E-state index contributed by atoms with van der Waals surface area (Å²) in [6, 6.07) is 5.42. The molecule has 2 rings (SSSR count). The van der Waals surface area contributed by atoms with E-state index in [1.807, 2.05) is 12.1 Å². The van der Waals surface area contributed by atoms with E-state index in [9.17, 15) is 0 Å². The van der Waals surface area contributed by atoms with E-state index in [1.165, 1.54) is 0 Å². The zero-order valence-corrected chi connectivity index (χ0v) is 10.7. The molecule has 1 aromatic heterocycles. The van der Waals surface area contributed by atoms with Gasteiger partial charge in [0.05, 0.1) is 23.5 Å². The molecule has 0 amide bonds. The Labute approximate surface area is 108 Å². The maximum absolute atomic E-state index is 6.00. The number of ether oxygens (including phenoxy) is 1. The van der Waals surface area contributed by atoms with E-state index in [4.69, 9.17) is 39.5 Å². The molecule has 5 heteroatoms. The Hall–Kier alpha value is -0.700. The predicted octanol–water partition coefficient (Wildman–Crippen LogP) is 4.29. The Kier molecular flexibility index (Phi) is 3.43. The summed E-state index contributed by atoms with van der Waals surface area (Å²) < 4.78 is 5.13. The number of hydrogen-bond acceptors (Lipinski definition) is 2. The number of pyridine rings is 1. The zero-order chi connectivity index (χ0) is 11.7. The van der Waals surface area contributed by atoms with Gasteiger partial charge in [-0.1, -0.05) is 23.2 Å². The first-order valence-corrected chi connectivity index (χ1v) is 5.83. The molecule has 84 valence electrons. The van der Waals surface area contributed by atoms with Gasteiger partial charge < -0.3 is 4.74 Å². The lowest BCUT2D eigenvalue weighted by Gasteiger charge is -2.07. The summed E-state index contributed by atoms with van der Waals surface area (Å²) in [5.74, 6) is 0.936. The van der Waals surface area contributed by atoms with Crippen LogP contribution in [0.4, 0.5) is 0 Å². The van der Waals surface area contributed by atoms with Gasteiger partial charge in [-0.05, 0) is 18.2 Å². The fourth-order valence-corrected chi connectivity index (χ4v) is 2.17. The van der Waals surface area contributed by atoms with Crippen LogP contribution in [0.15, 0.2) is 18.2 Å². The van der Waals surface area contributed by atoms with Crippen molar-refractivity contribution in [3.63, 3.8) is 0 Å². The second kappa shape index (κ2) is 4.66. The SMILES string of the molecule is COc1cc2cc(CCl)c(Cl)nc2cc1Cl. The van der Waals surface area contributed by atoms with E-state index in [1.54, 1.807) is 13.2 Å². The van der Waals surface area contributed by atoms with Crippen molar-refractivity contribution in [2.45, 2.75) is 5.88 Å². The van der Waals surface area contributed by atoms with Crippen LogP contribution in [0.2, 0.25) is 10.2 Å². The number of fused-ring (bicyclic) bond motifs is 1. The van der Waals surface area contributed by atoms with Crippen LogP contribution in [-0.4, -0.2) is 12.1 Å². The Balaban J connectivity index is 2.71. The lowest BCUT2D eigenvalue weighted by atomic mass is 10.1. The first-order chi connectivity index (χ1) is 7.65. The lowest BCUT2D eigenvalue weighted by molar-refractivity contribution is 0.415. The normalized spacial score (nSPS) is 10.8. The number of aromatic nitrogens is 1. The molecule has 1 heterocycles. The van der Waals surface area contributed by atoms with Crippen LogP contribution < -0.4 is 4.74 Å². The quantitative estimate of drug-likeness (QED) is 0.603. The molecule has 0 fully saturated rings. The first-order valence-electron chi connectivity index (χ1n) is 4.54. The number of benzene rings is 1. The minimum Gasteiger partial charge on any atom is -0.495 e. The third kappa shape index (κ3) is 2.05. The van der Waals surface area contributed by atoms with E-state index in [-0.39, 0.29) is 0 Å². The smallest absolute Gasteiger partial charge is 0.138 e. The van der Waals surface area contributed by atoms with Crippen molar-refractivity contribution >= 4 is 45.7 Å². The van der Waals surface area contributed by atoms with Crippen LogP contribution in [0.5, 0.6) is 5.75 Å². The summed E-state index contributed by atoms with van der Waals surface area (Å²) in [6.45, 7) is 0. The molecule has 0 spiro atoms. The predicted molar refractivity (Wildman–Crippen MR) is 67.9 cm³/mol. The molecule has 1 aromatic carbocycles. The third-order valence-corrected chi connectivity index (χ3v) is 3.17. The van der Waals surface area contributed by atoms with Crippen molar-refractivity contribution in [3.8, 4) is 5.75 Å². The van der Waals surface area contributed by atoms with Crippen molar-refractivity contribution in [2.24, 2.45) is 0 Å². The summed E-state index contributed by atoms with van der Waals surface area (Å²) >= 11 is 17.7. The molecule has 0 atom stereocenters. The molecule has 16 heavy (non-hydrogen) atoms. The minimum absolute atomic E-state index is 0.326. The second-order valence-electron chi connectivity index (χ2n) is 3.25. The monoisotopic (exact) mass is 275 g/mol. The van der Waals surface area contributed by atoms with Crippen LogP contribution in [-0.2, 0) is 5.88 Å². The van der Waals surface area contributed by atoms with Gasteiger partial charge in [0.1, 0.15) is 10.9 Å². The molecule has 2 nitrogen and oxygen atoms in total. The number of hydrogen-bond donors (Lipinski definition) is 0. The molecular formula is C11H8Cl3NO. The highest BCUT2D eigenvalue weighted by Crippen LogP contribution is 2.31. The highest BCUT2D eigenvalue weighted by molar-refractivity contribution is 6.33. The van der Waals surface area contributed by atoms with Crippen molar-refractivity contribution in [1.82, 2.24) is 4.98 Å². The number of rotatable bonds is 2. The van der Waals surface area contributed by atoms with Crippen LogP contribution in [0.3, 0.4) is 0 Å². The number of alkyl halides is 1. The van der Waals surface area contributed by atoms with Gasteiger partial charge in [-0.2, -0.15) is 0 Å². The summed E-state index contributed by atoms with van der Waals surface area (Å²) in [5.41, 5.74) is 1.52. The minimum atomic E-state index is 0.326. The molecule has 0 radical (unpaired) electrons. The van der Waals surface area contributed by atoms with Gasteiger partial charge in [0.2, 0.25) is 0 Å². The van der Waals surface area contributed by atoms with Gasteiger partial charge in [-0.25, -0.2) is 4.98 Å². The van der Waals surface area contributed by atoms with E-state index < -0.39 is 0 Å². The average Bonchev–Trinajstić information content (AvgIpc) is 2.27. The molecule has 0 saturated carbocycles. The molecule has 0 aliphatic rings. The standard InChI is InChI=1S/C11H8Cl3NO/c1-16-10-3-6-2-7(5-12)11(14)15-9(6)4-8(10)13/h2-4H,5H2,1H3. The fraction of sp³-hybridized carbons (Fsp3) is 0.182. The van der Waals surface area contributed by atoms with Gasteiger partial charge in [-0.3, -0.25) is 0 Å². The number of nitrogens with zero attached hydrogens (tertiary/aromatic N) is 1. The van der Waals surface area contributed by atoms with Gasteiger partial charge in [0, 0.05) is 10.9 Å². The zero-order valence-electron chi connectivity index (χ0n) is 8.43. The van der Waals surface area contributed by atoms with E-state index >= 15 is 0 Å². The van der Waals surface area contributed by atoms with Crippen LogP contribution >= 0.6 is 34.8 Å². The molecule has 0 saturated heterocycles. The first kappa shape index (κ1) is 11.8. The Morgan fingerprint density at radius 1 is 1.25 bits per heavy atom. The van der Waals surface area contributed by atoms with Crippen molar-refractivity contribution in [1.29, 1.82) is 0 Å². The van der Waals surface area contributed by atoms with E-state index in [2.05, 4.69) is 4.98 Å². The van der Waals surface area contributed by atoms with E-state index in [0.29, 0.717) is 21.8 Å². The molecule has 2 aromatic rings. The number of methoxy groups -OCH3 is 1. The highest BCUT2D eigenvalue weighted by Gasteiger charge is 2.08. The average molecular weight is 277 g/mol. The van der Waals surface area contributed by atoms with Gasteiger partial charge >= 0.3 is 0 Å². The molecule has 0 bridgehead atoms. The van der Waals surface area contributed by atoms with Crippen LogP contribution in [0.25, 0.3) is 10.9 Å². The second-order valence-corrected chi connectivity index (χ2v) is 4.28. The largest absolute Gasteiger partial charge is 0.495 e. The molecule has 0 aliphatic carbocycles. The summed E-state index contributed by atoms with van der Waals surface area (Å²) in [4.78, 5) is 4.22. The topological polar surface area (TPSA) is 22.1 Å². The van der Waals surface area contributed by atoms with Crippen molar-refractivity contribution in [2.75, 3.05) is 7.11 Å². The Morgan fingerprint density at radius 3 is 2.62 bits per heavy atom. The van der Waals surface area contributed by atoms with Crippen LogP contribution in [0, 0.1) is 0 Å². The maximum atomic E-state index is 6.00. The third-order valence-electron chi connectivity index (χ3n) is 2.26. The number of halogens is 3. The fourth-order valence-electron chi connectivity index (χ4n) is 1.45. The van der Waals surface area contributed by atoms with Crippen LogP contribution in [0.1, 0.15) is 5.56 Å². The van der Waals surface area contributed by atoms with Crippen molar-refractivity contribution in [3.05, 3.63) is 33.9 Å². The van der Waals surface area contributed by atoms with Gasteiger partial charge in [-0.15, -0.1) is 11.6 Å². The van der Waals surface area contributed by atoms with Crippen molar-refractivity contribution < 1.29 is 4.74 Å². The Morgan fingerprint density at radius 2 is 2.00 bits per heavy atom. The lowest BCUT2D eigenvalue weighted by Crippen LogP contribution is -1.90. The Bertz CT molecular complexity index is 497. The molecule has 0 unspecified atom stereocenters.